The summed E-state index contributed by atoms with van der Waals surface area (Å²) in [6.07, 6.45) is 51.9. The molecule has 798 valence electrons. The second-order valence-corrected chi connectivity index (χ2v) is 40.2. The zero-order valence-electron chi connectivity index (χ0n) is 81.9. The quantitative estimate of drug-likeness (QED) is 0.0142. The lowest BCUT2D eigenvalue weighted by molar-refractivity contribution is -0.197. The van der Waals surface area contributed by atoms with Crippen LogP contribution in [-0.2, 0) is 90.8 Å². The third-order valence-corrected chi connectivity index (χ3v) is 29.7. The number of aromatic hydroxyl groups is 3. The van der Waals surface area contributed by atoms with E-state index in [1.165, 1.54) is 282 Å². The lowest BCUT2D eigenvalue weighted by Gasteiger charge is -2.42. The van der Waals surface area contributed by atoms with E-state index >= 15 is 0 Å². The highest BCUT2D eigenvalue weighted by atomic mass is 79.9. The molecular weight excluding hydrogens is 1970 g/mol. The SMILES string of the molecule is C.C.C.C.C.C1CCC2OC2C1.CBr.CN.CN(C(=O)Cc1ccc(O)c(Cl)c1)C1CCCC[C@H]1N1CCCC1.CNC1CCCC[C@H]1N1CCCC1.CS(=O)(=O)OC1CCCC[C@H]1N1CCCC1.Cc1ccc(CC(=O)N(C)C2CCCC[C@H]2N2CCCC2)cc1Cl.N=S.O=C(Cc1ccc(O)c(Cl)c1)ON1C(=O)CCC1=O.O=C(O)Cc1ccc(O)c(Cl)c1.O[C@@H]1CCCC[C@H]1N1CCCC1.[2H]C#C. The summed E-state index contributed by atoms with van der Waals surface area (Å²) in [6, 6.07) is 23.7. The second-order valence-electron chi connectivity index (χ2n) is 37.0. The van der Waals surface area contributed by atoms with Crippen molar-refractivity contribution in [2.45, 2.75) is 374 Å². The number of imide groups is 1. The summed E-state index contributed by atoms with van der Waals surface area (Å²) in [5.41, 5.74) is 8.50. The number of amides is 4. The van der Waals surface area contributed by atoms with E-state index in [2.05, 4.69) is 77.4 Å². The number of alkyl halides is 1. The molecule has 27 nitrogen and oxygen atoms in total. The van der Waals surface area contributed by atoms with Crippen LogP contribution in [0.25, 0.3) is 0 Å². The first-order valence-electron chi connectivity index (χ1n) is 49.5. The number of hydrogen-bond donors (Lipinski definition) is 8. The lowest BCUT2D eigenvalue weighted by Crippen LogP contribution is -2.53. The number of carboxylic acid groups (broad SMARTS) is 1. The number of ether oxygens (including phenoxy) is 1. The number of aryl methyl sites for hydroxylation is 1. The summed E-state index contributed by atoms with van der Waals surface area (Å²) in [5.74, 6) is -0.630. The van der Waals surface area contributed by atoms with Gasteiger partial charge in [-0.2, -0.15) is 8.42 Å². The molecule has 0 bridgehead atoms. The van der Waals surface area contributed by atoms with Gasteiger partial charge in [-0.05, 0) is 304 Å². The zero-order chi connectivity index (χ0) is 99.8. The molecule has 6 aliphatic carbocycles. The van der Waals surface area contributed by atoms with Crippen molar-refractivity contribution in [2.24, 2.45) is 5.73 Å². The number of likely N-dealkylation sites (N-methyl/N-ethyl adjacent to an activating group) is 3. The van der Waals surface area contributed by atoms with Gasteiger partial charge in [0.1, 0.15) is 18.6 Å². The van der Waals surface area contributed by atoms with E-state index in [1.807, 2.05) is 54.9 Å². The van der Waals surface area contributed by atoms with Crippen molar-refractivity contribution >= 4 is 120 Å². The Morgan fingerprint density at radius 2 is 0.800 bits per heavy atom. The summed E-state index contributed by atoms with van der Waals surface area (Å²) in [5, 5.41) is 51.3. The highest BCUT2D eigenvalue weighted by Gasteiger charge is 2.42. The highest BCUT2D eigenvalue weighted by Crippen LogP contribution is 2.38. The third kappa shape index (κ3) is 44.8. The molecule has 0 radical (unpaired) electrons. The van der Waals surface area contributed by atoms with E-state index in [0.29, 0.717) is 82.5 Å². The number of aliphatic carboxylic acids is 1. The number of hydrogen-bond acceptors (Lipinski definition) is 24. The Morgan fingerprint density at radius 1 is 0.493 bits per heavy atom. The topological polar surface area (TPSA) is 357 Å². The minimum atomic E-state index is -3.31. The van der Waals surface area contributed by atoms with Crippen LogP contribution in [0.5, 0.6) is 17.2 Å². The normalized spacial score (nSPS) is 24.5. The molecule has 4 amide bonds. The highest BCUT2D eigenvalue weighted by molar-refractivity contribution is 9.08. The number of carboxylic acids is 1. The first-order valence-corrected chi connectivity index (χ1v) is 54.3. The fraction of sp³-hybridized carbons (Fsp3) is 0.698. The predicted molar refractivity (Wildman–Crippen MR) is 578 cm³/mol. The number of epoxide rings is 1. The molecule has 4 aromatic rings. The number of carbonyl (C=O) groups is 6. The third-order valence-electron chi connectivity index (χ3n) is 27.8. The average Bonchev–Trinajstić information content (AvgIpc) is 1.47. The van der Waals surface area contributed by atoms with Crippen LogP contribution in [0.4, 0.5) is 0 Å². The van der Waals surface area contributed by atoms with Gasteiger partial charge in [0.05, 0.1) is 71.4 Å². The van der Waals surface area contributed by atoms with E-state index < -0.39 is 33.9 Å². The van der Waals surface area contributed by atoms with Crippen molar-refractivity contribution in [1.82, 2.24) is 44.7 Å². The largest absolute Gasteiger partial charge is 0.506 e. The maximum Gasteiger partial charge on any atom is 0.337 e. The van der Waals surface area contributed by atoms with Gasteiger partial charge in [0, 0.05) is 92.7 Å². The van der Waals surface area contributed by atoms with Gasteiger partial charge >= 0.3 is 11.9 Å². The smallest absolute Gasteiger partial charge is 0.337 e. The number of carbonyl (C=O) groups excluding carboxylic acids is 5. The molecule has 7 heterocycles. The van der Waals surface area contributed by atoms with Crippen molar-refractivity contribution in [2.75, 3.05) is 106 Å². The molecular formula is C106H176BrCl4N11O16S2. The number of terminal acetylenes is 1. The van der Waals surface area contributed by atoms with Crippen LogP contribution >= 0.6 is 62.3 Å². The first-order chi connectivity index (χ1) is 65.4. The van der Waals surface area contributed by atoms with E-state index in [0.717, 1.165) is 91.7 Å². The monoisotopic (exact) mass is 2140 g/mol. The summed E-state index contributed by atoms with van der Waals surface area (Å²) < 4.78 is 44.0. The van der Waals surface area contributed by atoms with Crippen LogP contribution in [0.3, 0.4) is 0 Å². The fourth-order valence-electron chi connectivity index (χ4n) is 20.7. The van der Waals surface area contributed by atoms with Crippen molar-refractivity contribution < 1.29 is 77.8 Å². The Labute approximate surface area is 877 Å². The predicted octanol–water partition coefficient (Wildman–Crippen LogP) is 20.4. The van der Waals surface area contributed by atoms with Crippen LogP contribution in [0.15, 0.2) is 72.8 Å². The summed E-state index contributed by atoms with van der Waals surface area (Å²) in [6.45, 7) is 14.1. The number of phenols is 3. The molecule has 7 aliphatic heterocycles. The van der Waals surface area contributed by atoms with Gasteiger partial charge in [-0.25, -0.2) is 9.57 Å². The lowest BCUT2D eigenvalue weighted by atomic mass is 9.88. The zero-order valence-corrected chi connectivity index (χ0v) is 87.1. The number of benzene rings is 4. The number of aliphatic hydroxyl groups excluding tert-OH is 1. The van der Waals surface area contributed by atoms with Crippen LogP contribution in [-0.4, -0.2) is 287 Å². The number of aliphatic hydroxyl groups is 1. The summed E-state index contributed by atoms with van der Waals surface area (Å²) in [4.78, 5) is 91.4. The van der Waals surface area contributed by atoms with Crippen LogP contribution in [0.2, 0.25) is 20.1 Å². The number of phenolic OH excluding ortho intramolecular Hbond substituents is 3. The number of hydroxylamine groups is 2. The number of rotatable bonds is 19. The Bertz CT molecular complexity index is 4270. The average molecular weight is 2150 g/mol. The molecule has 13 aliphatic rings. The maximum atomic E-state index is 12.8. The van der Waals surface area contributed by atoms with Gasteiger partial charge < -0.3 is 56.0 Å². The van der Waals surface area contributed by atoms with Crippen molar-refractivity contribution in [1.29, 1.82) is 4.78 Å². The molecule has 12 atom stereocenters. The van der Waals surface area contributed by atoms with Gasteiger partial charge in [0.25, 0.3) is 21.9 Å². The molecule has 7 saturated heterocycles. The molecule has 6 unspecified atom stereocenters. The van der Waals surface area contributed by atoms with Gasteiger partial charge in [-0.1, -0.05) is 207 Å². The second kappa shape index (κ2) is 71.6. The molecule has 0 aromatic heterocycles. The van der Waals surface area contributed by atoms with Crippen molar-refractivity contribution in [3.05, 3.63) is 121 Å². The molecule has 4 aromatic carbocycles. The molecule has 34 heteroatoms. The van der Waals surface area contributed by atoms with Gasteiger partial charge in [0.2, 0.25) is 11.8 Å². The summed E-state index contributed by atoms with van der Waals surface area (Å²) in [7, 11) is 4.26. The minimum Gasteiger partial charge on any atom is -0.506 e. The minimum absolute atomic E-state index is 0. The maximum absolute atomic E-state index is 12.8. The van der Waals surface area contributed by atoms with E-state index in [9.17, 15) is 52.5 Å². The molecule has 17 rings (SSSR count). The van der Waals surface area contributed by atoms with E-state index in [4.69, 9.17) is 76.5 Å². The number of nitrogens with one attached hydrogen (secondary N) is 2. The summed E-state index contributed by atoms with van der Waals surface area (Å²) >= 11 is 29.7. The number of nitrogens with two attached hydrogens (primary N) is 1. The van der Waals surface area contributed by atoms with Crippen LogP contribution in [0, 0.1) is 24.5 Å². The fourth-order valence-corrected chi connectivity index (χ4v) is 22.2. The number of likely N-dealkylation sites (tertiary alicyclic amines) is 5. The molecule has 13 fully saturated rings. The van der Waals surface area contributed by atoms with Gasteiger partial charge in [-0.3, -0.25) is 52.7 Å². The molecule has 0 spiro atoms. The Kier molecular flexibility index (Phi) is 66.5. The number of halogens is 5. The number of fused-ring (bicyclic) bond motifs is 1. The number of nitrogens with zero attached hydrogens (tertiary/aromatic N) is 8. The molecule has 140 heavy (non-hydrogen) atoms. The van der Waals surface area contributed by atoms with Gasteiger partial charge in [-0.15, -0.1) is 17.9 Å². The Balaban J connectivity index is 0.000000806. The van der Waals surface area contributed by atoms with E-state index in [1.54, 1.807) is 18.2 Å². The molecule has 9 N–H and O–H groups in total. The van der Waals surface area contributed by atoms with E-state index in [-0.39, 0.29) is 114 Å². The standard InChI is InChI=1S/C20H29ClN2O.C19H27ClN2O2.C12H10ClNO5.C11H22N2.C11H21NO3S.C10H19NO.C8H7ClO3.C6H10O.C2H2.CH3Br.CH5N.5CH4.HNS/c1-15-9-10-16(13-17(15)21)14-20(24)22(2)18-7-3-4-8-19(18)23-11-5-6-12-23;1-21(19(24)13-14-8-9-18(23)15(20)12-14)16-6-2-3-7-17(16)22-10-4-5-11-22;13-8-5-7(1-2-9(8)15)6-12(18)19-14-10(16)3-4-11(14)17;1-12-10-6-2-3-7-11(10)13-8-4-5-9-13;1-16(13,14)15-11-7-3-2-6-10(11)12-8-4-5-9-12;12-10-6-2-1-5-9(10)11-7-3-4-8-11;9-6-3-5(4-8(11)12)1-2-7(6)10;1-2-4-6-5(3-1)7-6;3*1-2;;;;;;1-2/h9-10,13,18-19H,3-8,11-12,14H2,1-2H3;8-9,12,16-17,23H,2-7,10-11,13H2,1H3;1-2,5,15H,3-4,6H2;10-12H,2-9H2,1H3;10-11H,2-9H2,1H3;9-10,12H,1-8H2;1-3,10H,4H2,(H,11,12);5-6H,1-4H2;1-2H;1H3;2H2,1H3;5*1H4;1H/t18?,19-;16?,17-;;10?,11-;10-,11?;9-,10-;;;;;;;;;;;/m11.111.........../s1/i;;;;;;;;1D;;;;;;;;. The Morgan fingerprint density at radius 3 is 1.16 bits per heavy atom. The van der Waals surface area contributed by atoms with Crippen molar-refractivity contribution in [3.8, 4) is 30.1 Å². The van der Waals surface area contributed by atoms with Gasteiger partial charge in [0.15, 0.2) is 0 Å². The molecule has 6 saturated carbocycles. The van der Waals surface area contributed by atoms with Crippen LogP contribution in [0.1, 0.15) is 297 Å². The first kappa shape index (κ1) is 130. The van der Waals surface area contributed by atoms with Crippen molar-refractivity contribution in [3.63, 3.8) is 0 Å². The Hall–Kier alpha value is -5.93. The van der Waals surface area contributed by atoms with Crippen LogP contribution < -0.4 is 11.1 Å².